The Morgan fingerprint density at radius 2 is 1.76 bits per heavy atom. The molecule has 0 spiro atoms. The van der Waals surface area contributed by atoms with Gasteiger partial charge in [0.15, 0.2) is 0 Å². The second-order valence-corrected chi connectivity index (χ2v) is 6.84. The smallest absolute Gasteiger partial charge is 0.308 e. The van der Waals surface area contributed by atoms with Crippen molar-refractivity contribution in [1.29, 1.82) is 0 Å². The Morgan fingerprint density at radius 3 is 2.38 bits per heavy atom. The largest absolute Gasteiger partial charge is 0.481 e. The standard InChI is InChI=1S/C16H28N2O3/c17-11-16(8-4-1-5-9-16)10-14(19)18-13-7-3-2-6-12(13)15(20)21/h12-13H,1-11,17H2,(H,18,19)(H,20,21). The van der Waals surface area contributed by atoms with Crippen LogP contribution in [-0.2, 0) is 9.59 Å². The maximum Gasteiger partial charge on any atom is 0.308 e. The minimum atomic E-state index is -0.786. The molecule has 120 valence electrons. The number of rotatable bonds is 5. The Balaban J connectivity index is 1.91. The fourth-order valence-corrected chi connectivity index (χ4v) is 3.95. The second-order valence-electron chi connectivity index (χ2n) is 6.84. The van der Waals surface area contributed by atoms with Crippen molar-refractivity contribution in [2.24, 2.45) is 17.1 Å². The molecule has 0 aromatic carbocycles. The van der Waals surface area contributed by atoms with Crippen LogP contribution in [0.2, 0.25) is 0 Å². The zero-order valence-electron chi connectivity index (χ0n) is 12.8. The summed E-state index contributed by atoms with van der Waals surface area (Å²) in [7, 11) is 0. The summed E-state index contributed by atoms with van der Waals surface area (Å²) < 4.78 is 0. The molecule has 2 fully saturated rings. The quantitative estimate of drug-likeness (QED) is 0.724. The van der Waals surface area contributed by atoms with E-state index in [1.54, 1.807) is 0 Å². The molecule has 4 N–H and O–H groups in total. The lowest BCUT2D eigenvalue weighted by molar-refractivity contribution is -0.144. The minimum Gasteiger partial charge on any atom is -0.481 e. The van der Waals surface area contributed by atoms with Crippen LogP contribution in [0.5, 0.6) is 0 Å². The molecule has 2 atom stereocenters. The van der Waals surface area contributed by atoms with Gasteiger partial charge in [0.1, 0.15) is 0 Å². The molecule has 1 amide bonds. The van der Waals surface area contributed by atoms with E-state index in [9.17, 15) is 14.7 Å². The number of aliphatic carboxylic acids is 1. The predicted molar refractivity (Wildman–Crippen MR) is 80.7 cm³/mol. The van der Waals surface area contributed by atoms with Crippen LogP contribution in [0, 0.1) is 11.3 Å². The van der Waals surface area contributed by atoms with Gasteiger partial charge in [0.25, 0.3) is 0 Å². The molecule has 0 aromatic rings. The monoisotopic (exact) mass is 296 g/mol. The fourth-order valence-electron chi connectivity index (χ4n) is 3.95. The first-order valence-electron chi connectivity index (χ1n) is 8.29. The van der Waals surface area contributed by atoms with Crippen LogP contribution in [0.15, 0.2) is 0 Å². The van der Waals surface area contributed by atoms with E-state index in [0.29, 0.717) is 19.4 Å². The molecule has 5 heteroatoms. The molecule has 0 aromatic heterocycles. The Bertz CT molecular complexity index is 378. The number of hydrogen-bond donors (Lipinski definition) is 3. The number of hydrogen-bond acceptors (Lipinski definition) is 3. The summed E-state index contributed by atoms with van der Waals surface area (Å²) in [6.07, 6.45) is 9.39. The normalized spacial score (nSPS) is 28.8. The van der Waals surface area contributed by atoms with Crippen molar-refractivity contribution in [1.82, 2.24) is 5.32 Å². The third-order valence-corrected chi connectivity index (χ3v) is 5.31. The Labute approximate surface area is 126 Å². The van der Waals surface area contributed by atoms with Gasteiger partial charge < -0.3 is 16.2 Å². The molecule has 2 saturated carbocycles. The highest BCUT2D eigenvalue weighted by Crippen LogP contribution is 2.38. The second kappa shape index (κ2) is 7.25. The van der Waals surface area contributed by atoms with Gasteiger partial charge in [-0.1, -0.05) is 32.1 Å². The topological polar surface area (TPSA) is 92.4 Å². The lowest BCUT2D eigenvalue weighted by atomic mass is 9.71. The molecule has 0 saturated heterocycles. The van der Waals surface area contributed by atoms with Crippen LogP contribution in [-0.4, -0.2) is 29.6 Å². The highest BCUT2D eigenvalue weighted by Gasteiger charge is 2.36. The zero-order chi connectivity index (χ0) is 15.3. The van der Waals surface area contributed by atoms with Crippen molar-refractivity contribution in [3.63, 3.8) is 0 Å². The Hall–Kier alpha value is -1.10. The van der Waals surface area contributed by atoms with E-state index in [1.165, 1.54) is 6.42 Å². The van der Waals surface area contributed by atoms with Crippen molar-refractivity contribution in [2.75, 3.05) is 6.54 Å². The van der Waals surface area contributed by atoms with E-state index in [1.807, 2.05) is 0 Å². The van der Waals surface area contributed by atoms with Crippen molar-refractivity contribution in [3.05, 3.63) is 0 Å². The van der Waals surface area contributed by atoms with Crippen LogP contribution in [0.25, 0.3) is 0 Å². The molecule has 2 aliphatic carbocycles. The van der Waals surface area contributed by atoms with Gasteiger partial charge in [-0.2, -0.15) is 0 Å². The van der Waals surface area contributed by atoms with Gasteiger partial charge in [-0.3, -0.25) is 9.59 Å². The van der Waals surface area contributed by atoms with E-state index in [2.05, 4.69) is 5.32 Å². The molecule has 21 heavy (non-hydrogen) atoms. The average molecular weight is 296 g/mol. The molecule has 2 unspecified atom stereocenters. The number of nitrogens with two attached hydrogens (primary N) is 1. The van der Waals surface area contributed by atoms with E-state index >= 15 is 0 Å². The van der Waals surface area contributed by atoms with Crippen molar-refractivity contribution in [2.45, 2.75) is 70.3 Å². The first-order valence-corrected chi connectivity index (χ1v) is 8.29. The highest BCUT2D eigenvalue weighted by molar-refractivity contribution is 5.78. The number of carbonyl (C=O) groups excluding carboxylic acids is 1. The van der Waals surface area contributed by atoms with Gasteiger partial charge in [0.2, 0.25) is 5.91 Å². The third kappa shape index (κ3) is 4.19. The fraction of sp³-hybridized carbons (Fsp3) is 0.875. The predicted octanol–water partition coefficient (Wildman–Crippen LogP) is 2.05. The van der Waals surface area contributed by atoms with Gasteiger partial charge >= 0.3 is 5.97 Å². The first kappa shape index (κ1) is 16.3. The molecule has 0 radical (unpaired) electrons. The average Bonchev–Trinajstić information content (AvgIpc) is 2.48. The summed E-state index contributed by atoms with van der Waals surface area (Å²) in [6.45, 7) is 0.549. The van der Waals surface area contributed by atoms with Crippen LogP contribution >= 0.6 is 0 Å². The number of nitrogens with one attached hydrogen (secondary N) is 1. The van der Waals surface area contributed by atoms with Gasteiger partial charge in [0, 0.05) is 12.5 Å². The minimum absolute atomic E-state index is 0.0134. The highest BCUT2D eigenvalue weighted by atomic mass is 16.4. The van der Waals surface area contributed by atoms with E-state index < -0.39 is 11.9 Å². The van der Waals surface area contributed by atoms with Gasteiger partial charge in [0.05, 0.1) is 5.92 Å². The molecule has 0 heterocycles. The SMILES string of the molecule is NCC1(CC(=O)NC2CCCCC2C(=O)O)CCCCC1. The van der Waals surface area contributed by atoms with Gasteiger partial charge in [-0.25, -0.2) is 0 Å². The van der Waals surface area contributed by atoms with Crippen LogP contribution in [0.3, 0.4) is 0 Å². The summed E-state index contributed by atoms with van der Waals surface area (Å²) in [6, 6.07) is -0.206. The Kier molecular flexibility index (Phi) is 5.62. The molecule has 2 aliphatic rings. The molecule has 0 bridgehead atoms. The third-order valence-electron chi connectivity index (χ3n) is 5.31. The van der Waals surface area contributed by atoms with Gasteiger partial charge in [-0.05, 0) is 37.6 Å². The first-order chi connectivity index (χ1) is 10.1. The molecule has 0 aliphatic heterocycles. The summed E-state index contributed by atoms with van der Waals surface area (Å²) in [5, 5.41) is 12.2. The van der Waals surface area contributed by atoms with Crippen molar-refractivity contribution in [3.8, 4) is 0 Å². The van der Waals surface area contributed by atoms with Crippen LogP contribution in [0.4, 0.5) is 0 Å². The zero-order valence-corrected chi connectivity index (χ0v) is 12.8. The van der Waals surface area contributed by atoms with Gasteiger partial charge in [-0.15, -0.1) is 0 Å². The van der Waals surface area contributed by atoms with E-state index in [-0.39, 0.29) is 17.4 Å². The Morgan fingerprint density at radius 1 is 1.10 bits per heavy atom. The van der Waals surface area contributed by atoms with Crippen molar-refractivity contribution >= 4 is 11.9 Å². The molecular weight excluding hydrogens is 268 g/mol. The molecule has 5 nitrogen and oxygen atoms in total. The van der Waals surface area contributed by atoms with E-state index in [4.69, 9.17) is 5.73 Å². The number of carboxylic acid groups (broad SMARTS) is 1. The number of carbonyl (C=O) groups is 2. The summed E-state index contributed by atoms with van der Waals surface area (Å²) in [5.74, 6) is -1.23. The number of amides is 1. The number of carboxylic acids is 1. The lowest BCUT2D eigenvalue weighted by Gasteiger charge is -2.37. The van der Waals surface area contributed by atoms with Crippen LogP contribution in [0.1, 0.15) is 64.2 Å². The maximum atomic E-state index is 12.4. The van der Waals surface area contributed by atoms with E-state index in [0.717, 1.165) is 44.9 Å². The van der Waals surface area contributed by atoms with Crippen molar-refractivity contribution < 1.29 is 14.7 Å². The lowest BCUT2D eigenvalue weighted by Crippen LogP contribution is -2.47. The molecule has 2 rings (SSSR count). The summed E-state index contributed by atoms with van der Waals surface area (Å²) in [4.78, 5) is 23.6. The maximum absolute atomic E-state index is 12.4. The van der Waals surface area contributed by atoms with Crippen LogP contribution < -0.4 is 11.1 Å². The summed E-state index contributed by atoms with van der Waals surface area (Å²) in [5.41, 5.74) is 5.86. The molecular formula is C16H28N2O3. The summed E-state index contributed by atoms with van der Waals surface area (Å²) >= 11 is 0.